The standard InChI is InChI=1S/C22H29N3O3S.HI/c1-15-12-16(8-11-21(15)29(3,27)28)13-24-22(23-2)25-14-19-18-7-5-4-6-17(18)9-10-20(19)26;/h8-12,26H,4-7,13-14H2,1-3H3,(H2,23,24,25);1H. The second-order valence-corrected chi connectivity index (χ2v) is 9.54. The van der Waals surface area contributed by atoms with Crippen molar-refractivity contribution in [2.24, 2.45) is 4.99 Å². The minimum absolute atomic E-state index is 0. The van der Waals surface area contributed by atoms with Gasteiger partial charge in [0.1, 0.15) is 5.75 Å². The predicted octanol–water partition coefficient (Wildman–Crippen LogP) is 3.47. The Morgan fingerprint density at radius 1 is 1.10 bits per heavy atom. The van der Waals surface area contributed by atoms with Gasteiger partial charge in [0.05, 0.1) is 4.90 Å². The molecular formula is C22H30IN3O3S. The number of benzene rings is 2. The molecule has 164 valence electrons. The van der Waals surface area contributed by atoms with Gasteiger partial charge >= 0.3 is 0 Å². The minimum atomic E-state index is -3.22. The molecule has 1 aliphatic carbocycles. The Morgan fingerprint density at radius 3 is 2.47 bits per heavy atom. The van der Waals surface area contributed by atoms with E-state index in [2.05, 4.69) is 15.6 Å². The van der Waals surface area contributed by atoms with E-state index in [9.17, 15) is 13.5 Å². The highest BCUT2D eigenvalue weighted by Crippen LogP contribution is 2.30. The lowest BCUT2D eigenvalue weighted by Crippen LogP contribution is -2.36. The molecule has 3 rings (SSSR count). The number of aryl methyl sites for hydroxylation is 2. The van der Waals surface area contributed by atoms with Gasteiger partial charge in [-0.25, -0.2) is 8.42 Å². The molecule has 0 fully saturated rings. The molecule has 0 bridgehead atoms. The largest absolute Gasteiger partial charge is 0.508 e. The van der Waals surface area contributed by atoms with Crippen LogP contribution in [-0.2, 0) is 35.8 Å². The number of guanidine groups is 1. The van der Waals surface area contributed by atoms with Crippen LogP contribution in [0.3, 0.4) is 0 Å². The number of phenols is 1. The fourth-order valence-corrected chi connectivity index (χ4v) is 4.86. The quantitative estimate of drug-likeness (QED) is 0.305. The Morgan fingerprint density at radius 2 is 1.80 bits per heavy atom. The van der Waals surface area contributed by atoms with Gasteiger partial charge in [-0.15, -0.1) is 24.0 Å². The molecule has 0 amide bonds. The number of hydrogen-bond acceptors (Lipinski definition) is 4. The molecule has 0 heterocycles. The molecule has 3 N–H and O–H groups in total. The monoisotopic (exact) mass is 543 g/mol. The number of hydrogen-bond donors (Lipinski definition) is 3. The summed E-state index contributed by atoms with van der Waals surface area (Å²) < 4.78 is 23.5. The summed E-state index contributed by atoms with van der Waals surface area (Å²) in [5.74, 6) is 0.947. The Hall–Kier alpha value is -1.81. The Labute approximate surface area is 196 Å². The third kappa shape index (κ3) is 5.87. The van der Waals surface area contributed by atoms with E-state index in [0.717, 1.165) is 36.0 Å². The first-order chi connectivity index (χ1) is 13.8. The number of aromatic hydroxyl groups is 1. The molecule has 0 unspecified atom stereocenters. The lowest BCUT2D eigenvalue weighted by molar-refractivity contribution is 0.464. The van der Waals surface area contributed by atoms with Gasteiger partial charge in [0.15, 0.2) is 15.8 Å². The number of nitrogens with zero attached hydrogens (tertiary/aromatic N) is 1. The first-order valence-corrected chi connectivity index (χ1v) is 11.8. The second-order valence-electron chi connectivity index (χ2n) is 7.56. The van der Waals surface area contributed by atoms with Crippen LogP contribution in [0.25, 0.3) is 0 Å². The summed E-state index contributed by atoms with van der Waals surface area (Å²) in [5.41, 5.74) is 5.23. The van der Waals surface area contributed by atoms with Crippen molar-refractivity contribution >= 4 is 39.8 Å². The van der Waals surface area contributed by atoms with Gasteiger partial charge in [-0.2, -0.15) is 0 Å². The van der Waals surface area contributed by atoms with E-state index in [4.69, 9.17) is 0 Å². The molecule has 0 aliphatic heterocycles. The van der Waals surface area contributed by atoms with E-state index in [1.54, 1.807) is 26.1 Å². The van der Waals surface area contributed by atoms with Gasteiger partial charge in [0.25, 0.3) is 0 Å². The van der Waals surface area contributed by atoms with Gasteiger partial charge in [-0.3, -0.25) is 4.99 Å². The van der Waals surface area contributed by atoms with Gasteiger partial charge in [0, 0.05) is 32.0 Å². The van der Waals surface area contributed by atoms with Crippen molar-refractivity contribution in [2.45, 2.75) is 50.6 Å². The molecule has 0 spiro atoms. The second kappa shape index (κ2) is 10.5. The normalized spacial score (nSPS) is 13.9. The van der Waals surface area contributed by atoms with Crippen LogP contribution in [0.15, 0.2) is 40.2 Å². The summed E-state index contributed by atoms with van der Waals surface area (Å²) in [7, 11) is -1.52. The summed E-state index contributed by atoms with van der Waals surface area (Å²) in [5, 5.41) is 16.9. The smallest absolute Gasteiger partial charge is 0.191 e. The Balaban J connectivity index is 0.00000320. The van der Waals surface area contributed by atoms with Crippen molar-refractivity contribution in [3.8, 4) is 5.75 Å². The number of nitrogens with one attached hydrogen (secondary N) is 2. The van der Waals surface area contributed by atoms with Crippen LogP contribution in [-0.4, -0.2) is 32.8 Å². The summed E-state index contributed by atoms with van der Waals surface area (Å²) in [4.78, 5) is 4.61. The minimum Gasteiger partial charge on any atom is -0.508 e. The lowest BCUT2D eigenvalue weighted by atomic mass is 9.88. The molecule has 0 aromatic heterocycles. The van der Waals surface area contributed by atoms with Crippen molar-refractivity contribution < 1.29 is 13.5 Å². The number of rotatable bonds is 5. The van der Waals surface area contributed by atoms with Crippen LogP contribution in [0.1, 0.15) is 40.7 Å². The Kier molecular flexibility index (Phi) is 8.54. The van der Waals surface area contributed by atoms with Crippen molar-refractivity contribution in [3.63, 3.8) is 0 Å². The number of fused-ring (bicyclic) bond motifs is 1. The predicted molar refractivity (Wildman–Crippen MR) is 131 cm³/mol. The number of phenolic OH excluding ortho intramolecular Hbond substituents is 1. The highest BCUT2D eigenvalue weighted by molar-refractivity contribution is 14.0. The van der Waals surface area contributed by atoms with Gasteiger partial charge in [0.2, 0.25) is 0 Å². The topological polar surface area (TPSA) is 90.8 Å². The zero-order chi connectivity index (χ0) is 21.0. The molecule has 0 radical (unpaired) electrons. The molecular weight excluding hydrogens is 513 g/mol. The molecule has 2 aromatic rings. The summed E-state index contributed by atoms with van der Waals surface area (Å²) in [6.45, 7) is 2.82. The van der Waals surface area contributed by atoms with E-state index in [0.29, 0.717) is 29.7 Å². The maximum absolute atomic E-state index is 11.8. The fourth-order valence-electron chi connectivity index (χ4n) is 3.91. The Bertz CT molecular complexity index is 1040. The molecule has 8 heteroatoms. The van der Waals surface area contributed by atoms with E-state index in [1.165, 1.54) is 23.8 Å². The average Bonchev–Trinajstić information content (AvgIpc) is 2.68. The highest BCUT2D eigenvalue weighted by Gasteiger charge is 2.16. The van der Waals surface area contributed by atoms with Crippen LogP contribution in [0, 0.1) is 6.92 Å². The number of aliphatic imine (C=N–C) groups is 1. The van der Waals surface area contributed by atoms with Gasteiger partial charge in [-0.1, -0.05) is 18.2 Å². The summed E-state index contributed by atoms with van der Waals surface area (Å²) in [6, 6.07) is 9.14. The molecule has 6 nitrogen and oxygen atoms in total. The third-order valence-electron chi connectivity index (χ3n) is 5.38. The highest BCUT2D eigenvalue weighted by atomic mass is 127. The fraction of sp³-hybridized carbons (Fsp3) is 0.409. The lowest BCUT2D eigenvalue weighted by Gasteiger charge is -2.21. The van der Waals surface area contributed by atoms with E-state index in [1.807, 2.05) is 18.2 Å². The molecule has 2 aromatic carbocycles. The van der Waals surface area contributed by atoms with Crippen molar-refractivity contribution in [2.75, 3.05) is 13.3 Å². The van der Waals surface area contributed by atoms with Crippen LogP contribution in [0.4, 0.5) is 0 Å². The van der Waals surface area contributed by atoms with Gasteiger partial charge in [-0.05, 0) is 67.0 Å². The zero-order valence-electron chi connectivity index (χ0n) is 17.7. The molecule has 0 saturated carbocycles. The first-order valence-electron chi connectivity index (χ1n) is 9.86. The van der Waals surface area contributed by atoms with Crippen LogP contribution < -0.4 is 10.6 Å². The molecule has 1 aliphatic rings. The van der Waals surface area contributed by atoms with E-state index >= 15 is 0 Å². The SMILES string of the molecule is CN=C(NCc1ccc(S(C)(=O)=O)c(C)c1)NCc1c(O)ccc2c1CCCC2.I. The maximum atomic E-state index is 11.8. The maximum Gasteiger partial charge on any atom is 0.191 e. The first kappa shape index (κ1) is 24.5. The number of halogens is 1. The van der Waals surface area contributed by atoms with E-state index in [-0.39, 0.29) is 24.0 Å². The summed E-state index contributed by atoms with van der Waals surface area (Å²) in [6.07, 6.45) is 5.64. The summed E-state index contributed by atoms with van der Waals surface area (Å²) >= 11 is 0. The van der Waals surface area contributed by atoms with Crippen molar-refractivity contribution in [3.05, 3.63) is 58.1 Å². The molecule has 0 saturated heterocycles. The van der Waals surface area contributed by atoms with Crippen molar-refractivity contribution in [1.29, 1.82) is 0 Å². The molecule has 30 heavy (non-hydrogen) atoms. The average molecular weight is 543 g/mol. The molecule has 0 atom stereocenters. The van der Waals surface area contributed by atoms with Crippen LogP contribution in [0.2, 0.25) is 0 Å². The van der Waals surface area contributed by atoms with E-state index < -0.39 is 9.84 Å². The van der Waals surface area contributed by atoms with Crippen LogP contribution >= 0.6 is 24.0 Å². The number of sulfone groups is 1. The zero-order valence-corrected chi connectivity index (χ0v) is 20.8. The van der Waals surface area contributed by atoms with Crippen molar-refractivity contribution in [1.82, 2.24) is 10.6 Å². The van der Waals surface area contributed by atoms with Gasteiger partial charge < -0.3 is 15.7 Å². The van der Waals surface area contributed by atoms with Crippen LogP contribution in [0.5, 0.6) is 5.75 Å². The third-order valence-corrected chi connectivity index (χ3v) is 6.64.